The third kappa shape index (κ3) is 23.4. The Hall–Kier alpha value is -1.10. The van der Waals surface area contributed by atoms with Gasteiger partial charge in [0.2, 0.25) is 0 Å². The van der Waals surface area contributed by atoms with Crippen LogP contribution < -0.4 is 0 Å². The second-order valence-corrected chi connectivity index (χ2v) is 9.06. The summed E-state index contributed by atoms with van der Waals surface area (Å²) in [5.41, 5.74) is 0. The lowest BCUT2D eigenvalue weighted by atomic mass is 10.1. The number of quaternary nitrogens is 1. The van der Waals surface area contributed by atoms with Crippen LogP contribution in [-0.4, -0.2) is 52.8 Å². The van der Waals surface area contributed by atoms with Gasteiger partial charge in [0.25, 0.3) is 0 Å². The van der Waals surface area contributed by atoms with E-state index in [1.807, 2.05) is 0 Å². The molecule has 2 N–H and O–H groups in total. The summed E-state index contributed by atoms with van der Waals surface area (Å²) in [4.78, 5) is 20.3. The van der Waals surface area contributed by atoms with Crippen LogP contribution in [0.25, 0.3) is 0 Å². The Morgan fingerprint density at radius 1 is 0.484 bits per heavy atom. The van der Waals surface area contributed by atoms with Crippen LogP contribution in [0.4, 0.5) is 0 Å². The molecular weight excluding hydrogens is 390 g/mol. The van der Waals surface area contributed by atoms with Crippen molar-refractivity contribution in [3.05, 3.63) is 0 Å². The largest absolute Gasteiger partial charge is 0.481 e. The maximum Gasteiger partial charge on any atom is 0.303 e. The van der Waals surface area contributed by atoms with Gasteiger partial charge in [-0.1, -0.05) is 79.1 Å². The van der Waals surface area contributed by atoms with Crippen molar-refractivity contribution in [2.75, 3.05) is 26.2 Å². The van der Waals surface area contributed by atoms with Gasteiger partial charge in [0.15, 0.2) is 0 Å². The van der Waals surface area contributed by atoms with E-state index in [0.717, 1.165) is 38.5 Å². The molecule has 0 spiro atoms. The van der Waals surface area contributed by atoms with E-state index >= 15 is 0 Å². The second kappa shape index (κ2) is 23.6. The van der Waals surface area contributed by atoms with Crippen molar-refractivity contribution >= 4 is 11.9 Å². The van der Waals surface area contributed by atoms with Crippen molar-refractivity contribution < 1.29 is 24.3 Å². The quantitative estimate of drug-likeness (QED) is 0.144. The predicted molar refractivity (Wildman–Crippen MR) is 132 cm³/mol. The van der Waals surface area contributed by atoms with E-state index in [9.17, 15) is 9.59 Å². The summed E-state index contributed by atoms with van der Waals surface area (Å²) in [5.74, 6) is -1.48. The highest BCUT2D eigenvalue weighted by molar-refractivity contribution is 5.66. The predicted octanol–water partition coefficient (Wildman–Crippen LogP) is 7.28. The average Bonchev–Trinajstić information content (AvgIpc) is 2.74. The van der Waals surface area contributed by atoms with E-state index < -0.39 is 11.9 Å². The number of rotatable bonds is 21. The summed E-state index contributed by atoms with van der Waals surface area (Å²) < 4.78 is 1.42. The fourth-order valence-electron chi connectivity index (χ4n) is 3.90. The first kappa shape index (κ1) is 32.1. The molecule has 0 aromatic rings. The van der Waals surface area contributed by atoms with Crippen LogP contribution in [0, 0.1) is 0 Å². The highest BCUT2D eigenvalue weighted by Crippen LogP contribution is 2.16. The molecule has 0 aromatic carbocycles. The first-order valence-electron chi connectivity index (χ1n) is 13.2. The van der Waals surface area contributed by atoms with Gasteiger partial charge >= 0.3 is 11.9 Å². The molecule has 0 saturated carbocycles. The second-order valence-electron chi connectivity index (χ2n) is 9.06. The lowest BCUT2D eigenvalue weighted by Crippen LogP contribution is -2.50. The smallest absolute Gasteiger partial charge is 0.303 e. The van der Waals surface area contributed by atoms with Gasteiger partial charge in [0.05, 0.1) is 26.2 Å². The Morgan fingerprint density at radius 3 is 0.968 bits per heavy atom. The number of nitrogens with zero attached hydrogens (tertiary/aromatic N) is 1. The maximum absolute atomic E-state index is 10.1. The SMILES string of the molecule is CCCC[N+](CCCC)(CCCC)CCCC.O=C(O)CCCCCCCCC(=O)O. The fourth-order valence-corrected chi connectivity index (χ4v) is 3.90. The standard InChI is InChI=1S/C16H36N.C10H18O4/c1-5-9-13-17(14-10-6-2,15-11-7-3)16-12-8-4;11-9(12)7-5-3-1-2-4-6-8-10(13)14/h5-16H2,1-4H3;1-8H2,(H,11,12)(H,13,14)/q+1;. The molecular formula is C26H54NO4+. The van der Waals surface area contributed by atoms with Crippen LogP contribution in [0.1, 0.15) is 130 Å². The number of hydrogen-bond donors (Lipinski definition) is 2. The van der Waals surface area contributed by atoms with Gasteiger partial charge in [-0.15, -0.1) is 0 Å². The minimum Gasteiger partial charge on any atom is -0.481 e. The Bertz CT molecular complexity index is 355. The van der Waals surface area contributed by atoms with Gasteiger partial charge in [0, 0.05) is 12.8 Å². The summed E-state index contributed by atoms with van der Waals surface area (Å²) in [6.07, 6.45) is 16.9. The zero-order chi connectivity index (χ0) is 23.8. The summed E-state index contributed by atoms with van der Waals surface area (Å²) in [6, 6.07) is 0. The molecule has 0 aliphatic heterocycles. The van der Waals surface area contributed by atoms with Crippen molar-refractivity contribution in [2.24, 2.45) is 0 Å². The van der Waals surface area contributed by atoms with E-state index in [1.165, 1.54) is 82.0 Å². The van der Waals surface area contributed by atoms with Crippen molar-refractivity contribution in [3.8, 4) is 0 Å². The topological polar surface area (TPSA) is 74.6 Å². The molecule has 0 heterocycles. The van der Waals surface area contributed by atoms with Gasteiger partial charge < -0.3 is 14.7 Å². The number of aliphatic carboxylic acids is 2. The van der Waals surface area contributed by atoms with Crippen LogP contribution in [0.3, 0.4) is 0 Å². The number of carboxylic acid groups (broad SMARTS) is 2. The lowest BCUT2D eigenvalue weighted by Gasteiger charge is -2.39. The Labute approximate surface area is 193 Å². The minimum absolute atomic E-state index is 0.245. The molecule has 0 atom stereocenters. The highest BCUT2D eigenvalue weighted by atomic mass is 16.4. The first-order valence-corrected chi connectivity index (χ1v) is 13.2. The van der Waals surface area contributed by atoms with Crippen LogP contribution in [0.5, 0.6) is 0 Å². The molecule has 0 amide bonds. The van der Waals surface area contributed by atoms with E-state index in [1.54, 1.807) is 0 Å². The zero-order valence-electron chi connectivity index (χ0n) is 21.3. The molecule has 0 radical (unpaired) electrons. The van der Waals surface area contributed by atoms with Crippen molar-refractivity contribution in [2.45, 2.75) is 130 Å². The van der Waals surface area contributed by atoms with E-state index in [4.69, 9.17) is 10.2 Å². The molecule has 0 bridgehead atoms. The molecule has 0 rings (SSSR count). The van der Waals surface area contributed by atoms with E-state index in [-0.39, 0.29) is 12.8 Å². The third-order valence-electron chi connectivity index (χ3n) is 5.98. The summed E-state index contributed by atoms with van der Waals surface area (Å²) in [5, 5.41) is 16.7. The molecule has 0 unspecified atom stereocenters. The minimum atomic E-state index is -0.740. The summed E-state index contributed by atoms with van der Waals surface area (Å²) >= 11 is 0. The Morgan fingerprint density at radius 2 is 0.742 bits per heavy atom. The van der Waals surface area contributed by atoms with Crippen LogP contribution in [0.2, 0.25) is 0 Å². The number of hydrogen-bond acceptors (Lipinski definition) is 2. The molecule has 0 saturated heterocycles. The van der Waals surface area contributed by atoms with Crippen LogP contribution in [0.15, 0.2) is 0 Å². The molecule has 31 heavy (non-hydrogen) atoms. The molecule has 0 fully saturated rings. The van der Waals surface area contributed by atoms with Gasteiger partial charge in [-0.25, -0.2) is 0 Å². The maximum atomic E-state index is 10.1. The fraction of sp³-hybridized carbons (Fsp3) is 0.923. The monoisotopic (exact) mass is 444 g/mol. The van der Waals surface area contributed by atoms with E-state index in [0.29, 0.717) is 0 Å². The van der Waals surface area contributed by atoms with Crippen molar-refractivity contribution in [1.82, 2.24) is 0 Å². The lowest BCUT2D eigenvalue weighted by molar-refractivity contribution is -0.929. The van der Waals surface area contributed by atoms with E-state index in [2.05, 4.69) is 27.7 Å². The van der Waals surface area contributed by atoms with Gasteiger partial charge in [-0.3, -0.25) is 9.59 Å². The summed E-state index contributed by atoms with van der Waals surface area (Å²) in [6.45, 7) is 15.0. The highest BCUT2D eigenvalue weighted by Gasteiger charge is 2.24. The number of carboxylic acids is 2. The average molecular weight is 445 g/mol. The third-order valence-corrected chi connectivity index (χ3v) is 5.98. The Kier molecular flexibility index (Phi) is 24.4. The van der Waals surface area contributed by atoms with Crippen LogP contribution in [-0.2, 0) is 9.59 Å². The number of unbranched alkanes of at least 4 members (excludes halogenated alkanes) is 9. The molecule has 186 valence electrons. The van der Waals surface area contributed by atoms with Crippen molar-refractivity contribution in [1.29, 1.82) is 0 Å². The molecule has 0 aliphatic rings. The number of carbonyl (C=O) groups is 2. The van der Waals surface area contributed by atoms with Crippen molar-refractivity contribution in [3.63, 3.8) is 0 Å². The molecule has 0 aliphatic carbocycles. The van der Waals surface area contributed by atoms with Gasteiger partial charge in [-0.05, 0) is 38.5 Å². The first-order chi connectivity index (χ1) is 14.9. The Balaban J connectivity index is 0. The normalized spacial score (nSPS) is 11.1. The van der Waals surface area contributed by atoms with Crippen LogP contribution >= 0.6 is 0 Å². The summed E-state index contributed by atoms with van der Waals surface area (Å²) in [7, 11) is 0. The zero-order valence-corrected chi connectivity index (χ0v) is 21.3. The molecule has 5 heteroatoms. The van der Waals surface area contributed by atoms with Gasteiger partial charge in [-0.2, -0.15) is 0 Å². The molecule has 0 aromatic heterocycles. The van der Waals surface area contributed by atoms with Gasteiger partial charge in [0.1, 0.15) is 0 Å². The molecule has 5 nitrogen and oxygen atoms in total.